The Morgan fingerprint density at radius 2 is 1.68 bits per heavy atom. The van der Waals surface area contributed by atoms with Crippen molar-refractivity contribution in [2.24, 2.45) is 5.92 Å². The molecule has 0 bridgehead atoms. The van der Waals surface area contributed by atoms with Crippen molar-refractivity contribution in [1.29, 1.82) is 0 Å². The molecule has 0 atom stereocenters. The molecule has 0 radical (unpaired) electrons. The Bertz CT molecular complexity index is 388. The SMILES string of the molecule is CCN(CC(=O)O)C1CC(NC(=O)NC2CCC(C)CC2)C1. The summed E-state index contributed by atoms with van der Waals surface area (Å²) >= 11 is 0. The van der Waals surface area contributed by atoms with E-state index in [1.54, 1.807) is 0 Å². The Morgan fingerprint density at radius 3 is 2.23 bits per heavy atom. The Morgan fingerprint density at radius 1 is 1.09 bits per heavy atom. The third-order valence-corrected chi connectivity index (χ3v) is 5.06. The van der Waals surface area contributed by atoms with Crippen LogP contribution in [0.25, 0.3) is 0 Å². The van der Waals surface area contributed by atoms with Crippen LogP contribution in [-0.4, -0.2) is 53.2 Å². The van der Waals surface area contributed by atoms with Gasteiger partial charge in [0.1, 0.15) is 0 Å². The van der Waals surface area contributed by atoms with E-state index < -0.39 is 5.97 Å². The molecule has 0 aromatic rings. The van der Waals surface area contributed by atoms with Crippen LogP contribution in [-0.2, 0) is 4.79 Å². The molecule has 2 saturated carbocycles. The molecule has 0 heterocycles. The van der Waals surface area contributed by atoms with Gasteiger partial charge in [-0.05, 0) is 51.0 Å². The molecule has 2 aliphatic carbocycles. The number of rotatable bonds is 6. The highest BCUT2D eigenvalue weighted by molar-refractivity contribution is 5.74. The zero-order valence-corrected chi connectivity index (χ0v) is 13.7. The Labute approximate surface area is 132 Å². The van der Waals surface area contributed by atoms with Crippen LogP contribution in [0.3, 0.4) is 0 Å². The summed E-state index contributed by atoms with van der Waals surface area (Å²) in [5.41, 5.74) is 0. The monoisotopic (exact) mass is 311 g/mol. The number of amides is 2. The number of carboxylic acids is 1. The van der Waals surface area contributed by atoms with Crippen molar-refractivity contribution in [3.05, 3.63) is 0 Å². The number of nitrogens with one attached hydrogen (secondary N) is 2. The van der Waals surface area contributed by atoms with Crippen LogP contribution in [0.2, 0.25) is 0 Å². The molecule has 22 heavy (non-hydrogen) atoms. The highest BCUT2D eigenvalue weighted by atomic mass is 16.4. The molecule has 2 amide bonds. The molecule has 0 aromatic heterocycles. The molecule has 0 unspecified atom stereocenters. The molecule has 3 N–H and O–H groups in total. The fourth-order valence-electron chi connectivity index (χ4n) is 3.49. The molecule has 0 aliphatic heterocycles. The molecule has 2 aliphatic rings. The molecule has 6 nitrogen and oxygen atoms in total. The third-order valence-electron chi connectivity index (χ3n) is 5.06. The second kappa shape index (κ2) is 7.81. The van der Waals surface area contributed by atoms with Crippen LogP contribution < -0.4 is 10.6 Å². The van der Waals surface area contributed by atoms with Crippen LogP contribution in [0.5, 0.6) is 0 Å². The number of urea groups is 1. The maximum absolute atomic E-state index is 12.0. The number of carbonyl (C=O) groups is 2. The Hall–Kier alpha value is -1.30. The number of hydrogen-bond donors (Lipinski definition) is 3. The van der Waals surface area contributed by atoms with Gasteiger partial charge in [-0.25, -0.2) is 4.79 Å². The molecule has 6 heteroatoms. The topological polar surface area (TPSA) is 81.7 Å². The summed E-state index contributed by atoms with van der Waals surface area (Å²) in [7, 11) is 0. The van der Waals surface area contributed by atoms with Gasteiger partial charge in [-0.1, -0.05) is 13.8 Å². The van der Waals surface area contributed by atoms with Crippen molar-refractivity contribution in [2.45, 2.75) is 70.5 Å². The van der Waals surface area contributed by atoms with Gasteiger partial charge in [-0.2, -0.15) is 0 Å². The van der Waals surface area contributed by atoms with E-state index in [2.05, 4.69) is 17.6 Å². The van der Waals surface area contributed by atoms with E-state index in [0.29, 0.717) is 6.04 Å². The van der Waals surface area contributed by atoms with E-state index in [9.17, 15) is 9.59 Å². The van der Waals surface area contributed by atoms with E-state index >= 15 is 0 Å². The molecular formula is C16H29N3O3. The van der Waals surface area contributed by atoms with Crippen LogP contribution in [0.4, 0.5) is 4.79 Å². The van der Waals surface area contributed by atoms with Gasteiger partial charge in [0.15, 0.2) is 0 Å². The number of carboxylic acid groups (broad SMARTS) is 1. The van der Waals surface area contributed by atoms with Gasteiger partial charge < -0.3 is 15.7 Å². The fourth-order valence-corrected chi connectivity index (χ4v) is 3.49. The van der Waals surface area contributed by atoms with Crippen LogP contribution in [0.1, 0.15) is 52.4 Å². The van der Waals surface area contributed by atoms with Gasteiger partial charge in [0.05, 0.1) is 6.54 Å². The minimum atomic E-state index is -0.789. The molecular weight excluding hydrogens is 282 g/mol. The van der Waals surface area contributed by atoms with E-state index in [0.717, 1.165) is 38.1 Å². The standard InChI is InChI=1S/C16H29N3O3/c1-3-19(10-15(20)21)14-8-13(9-14)18-16(22)17-12-6-4-11(2)5-7-12/h11-14H,3-10H2,1-2H3,(H,20,21)(H2,17,18,22). The van der Waals surface area contributed by atoms with Gasteiger partial charge in [-0.3, -0.25) is 9.69 Å². The molecule has 0 spiro atoms. The zero-order chi connectivity index (χ0) is 16.1. The summed E-state index contributed by atoms with van der Waals surface area (Å²) in [5.74, 6) is -0.00899. The van der Waals surface area contributed by atoms with E-state index in [1.165, 1.54) is 12.8 Å². The summed E-state index contributed by atoms with van der Waals surface area (Å²) in [4.78, 5) is 24.7. The quantitative estimate of drug-likeness (QED) is 0.698. The van der Waals surface area contributed by atoms with Crippen molar-refractivity contribution in [3.63, 3.8) is 0 Å². The van der Waals surface area contributed by atoms with Crippen molar-refractivity contribution < 1.29 is 14.7 Å². The largest absolute Gasteiger partial charge is 0.480 e. The Balaban J connectivity index is 1.64. The van der Waals surface area contributed by atoms with Crippen molar-refractivity contribution in [3.8, 4) is 0 Å². The lowest BCUT2D eigenvalue weighted by Crippen LogP contribution is -2.57. The minimum absolute atomic E-state index is 0.0655. The average Bonchev–Trinajstić information content (AvgIpc) is 2.42. The number of hydrogen-bond acceptors (Lipinski definition) is 3. The van der Waals surface area contributed by atoms with Crippen LogP contribution >= 0.6 is 0 Å². The molecule has 2 rings (SSSR count). The van der Waals surface area contributed by atoms with E-state index in [-0.39, 0.29) is 24.7 Å². The van der Waals surface area contributed by atoms with Gasteiger partial charge >= 0.3 is 12.0 Å². The number of aliphatic carboxylic acids is 1. The van der Waals surface area contributed by atoms with Crippen molar-refractivity contribution in [2.75, 3.05) is 13.1 Å². The molecule has 0 aromatic carbocycles. The first-order valence-electron chi connectivity index (χ1n) is 8.50. The fraction of sp³-hybridized carbons (Fsp3) is 0.875. The predicted molar refractivity (Wildman–Crippen MR) is 84.8 cm³/mol. The maximum Gasteiger partial charge on any atom is 0.317 e. The van der Waals surface area contributed by atoms with E-state index in [4.69, 9.17) is 5.11 Å². The average molecular weight is 311 g/mol. The highest BCUT2D eigenvalue weighted by Crippen LogP contribution is 2.26. The van der Waals surface area contributed by atoms with Crippen molar-refractivity contribution >= 4 is 12.0 Å². The Kier molecular flexibility index (Phi) is 6.06. The molecule has 126 valence electrons. The van der Waals surface area contributed by atoms with E-state index in [1.807, 2.05) is 11.8 Å². The first kappa shape index (κ1) is 17.1. The second-order valence-electron chi connectivity index (χ2n) is 6.85. The number of likely N-dealkylation sites (N-methyl/N-ethyl adjacent to an activating group) is 1. The molecule has 0 saturated heterocycles. The lowest BCUT2D eigenvalue weighted by atomic mass is 9.85. The lowest BCUT2D eigenvalue weighted by molar-refractivity contribution is -0.139. The second-order valence-corrected chi connectivity index (χ2v) is 6.85. The molecule has 2 fully saturated rings. The first-order valence-corrected chi connectivity index (χ1v) is 8.50. The van der Waals surface area contributed by atoms with Gasteiger partial charge in [0.2, 0.25) is 0 Å². The summed E-state index contributed by atoms with van der Waals surface area (Å²) in [6.45, 7) is 5.05. The normalized spacial score (nSPS) is 31.4. The third kappa shape index (κ3) is 4.87. The van der Waals surface area contributed by atoms with Crippen LogP contribution in [0.15, 0.2) is 0 Å². The lowest BCUT2D eigenvalue weighted by Gasteiger charge is -2.42. The van der Waals surface area contributed by atoms with Gasteiger partial charge in [0.25, 0.3) is 0 Å². The summed E-state index contributed by atoms with van der Waals surface area (Å²) in [5, 5.41) is 15.0. The first-order chi connectivity index (χ1) is 10.5. The zero-order valence-electron chi connectivity index (χ0n) is 13.7. The highest BCUT2D eigenvalue weighted by Gasteiger charge is 2.35. The summed E-state index contributed by atoms with van der Waals surface area (Å²) in [6.07, 6.45) is 6.22. The van der Waals surface area contributed by atoms with Crippen molar-refractivity contribution in [1.82, 2.24) is 15.5 Å². The predicted octanol–water partition coefficient (Wildman–Crippen LogP) is 1.80. The van der Waals surface area contributed by atoms with Gasteiger partial charge in [0, 0.05) is 18.1 Å². The summed E-state index contributed by atoms with van der Waals surface area (Å²) in [6, 6.07) is 0.702. The number of carbonyl (C=O) groups excluding carboxylic acids is 1. The van der Waals surface area contributed by atoms with Gasteiger partial charge in [-0.15, -0.1) is 0 Å². The summed E-state index contributed by atoms with van der Waals surface area (Å²) < 4.78 is 0. The van der Waals surface area contributed by atoms with Crippen LogP contribution in [0, 0.1) is 5.92 Å². The number of nitrogens with zero attached hydrogens (tertiary/aromatic N) is 1. The minimum Gasteiger partial charge on any atom is -0.480 e. The maximum atomic E-state index is 12.0. The smallest absolute Gasteiger partial charge is 0.317 e.